The van der Waals surface area contributed by atoms with Crippen LogP contribution in [-0.4, -0.2) is 17.5 Å². The summed E-state index contributed by atoms with van der Waals surface area (Å²) in [5, 5.41) is 7.04. The van der Waals surface area contributed by atoms with E-state index in [-0.39, 0.29) is 11.8 Å². The van der Waals surface area contributed by atoms with Crippen molar-refractivity contribution >= 4 is 56.8 Å². The summed E-state index contributed by atoms with van der Waals surface area (Å²) >= 11 is 7.48. The first kappa shape index (κ1) is 20.0. The van der Waals surface area contributed by atoms with Gasteiger partial charge in [-0.15, -0.1) is 11.3 Å². The van der Waals surface area contributed by atoms with Gasteiger partial charge in [0.15, 0.2) is 0 Å². The van der Waals surface area contributed by atoms with Crippen LogP contribution in [0.1, 0.15) is 44.8 Å². The first-order chi connectivity index (χ1) is 15.0. The normalized spacial score (nSPS) is 16.1. The van der Waals surface area contributed by atoms with E-state index in [0.29, 0.717) is 27.0 Å². The quantitative estimate of drug-likeness (QED) is 0.521. The third-order valence-electron chi connectivity index (χ3n) is 5.59. The molecular formula is C24H20ClN3O2S. The molecule has 1 aromatic heterocycles. The van der Waals surface area contributed by atoms with Crippen LogP contribution in [0.4, 0.5) is 16.4 Å². The van der Waals surface area contributed by atoms with E-state index < -0.39 is 0 Å². The number of fused-ring (bicyclic) bond motifs is 2. The molecule has 0 atom stereocenters. The Morgan fingerprint density at radius 1 is 1.13 bits per heavy atom. The van der Waals surface area contributed by atoms with E-state index in [1.807, 2.05) is 25.1 Å². The summed E-state index contributed by atoms with van der Waals surface area (Å²) in [6, 6.07) is 12.8. The SMILES string of the molecule is Cc1ccc2c(c1)C(=Nc1sc3c(c1C(=O)Nc1ccc(Cl)cc1)CCCC3)C(=O)N2. The Hall–Kier alpha value is -2.96. The largest absolute Gasteiger partial charge is 0.322 e. The maximum atomic E-state index is 13.3. The highest BCUT2D eigenvalue weighted by Gasteiger charge is 2.30. The van der Waals surface area contributed by atoms with Gasteiger partial charge in [0.25, 0.3) is 11.8 Å². The summed E-state index contributed by atoms with van der Waals surface area (Å²) in [4.78, 5) is 31.9. The number of hydrogen-bond donors (Lipinski definition) is 2. The summed E-state index contributed by atoms with van der Waals surface area (Å²) < 4.78 is 0. The molecule has 0 saturated heterocycles. The number of carbonyl (C=O) groups is 2. The fourth-order valence-electron chi connectivity index (χ4n) is 4.07. The van der Waals surface area contributed by atoms with Gasteiger partial charge in [0.2, 0.25) is 0 Å². The molecule has 0 saturated carbocycles. The van der Waals surface area contributed by atoms with Gasteiger partial charge in [0.05, 0.1) is 11.3 Å². The summed E-state index contributed by atoms with van der Waals surface area (Å²) in [6.07, 6.45) is 3.93. The van der Waals surface area contributed by atoms with Gasteiger partial charge in [-0.2, -0.15) is 0 Å². The molecule has 5 nitrogen and oxygen atoms in total. The van der Waals surface area contributed by atoms with Gasteiger partial charge in [-0.1, -0.05) is 23.2 Å². The molecule has 2 aliphatic rings. The molecule has 0 unspecified atom stereocenters. The number of carbonyl (C=O) groups excluding carboxylic acids is 2. The number of aryl methyl sites for hydroxylation is 2. The van der Waals surface area contributed by atoms with E-state index in [4.69, 9.17) is 16.6 Å². The first-order valence-electron chi connectivity index (χ1n) is 10.2. The fourth-order valence-corrected chi connectivity index (χ4v) is 5.46. The number of aliphatic imine (C=N–C) groups is 1. The summed E-state index contributed by atoms with van der Waals surface area (Å²) in [5.41, 5.74) is 5.25. The zero-order valence-corrected chi connectivity index (χ0v) is 18.5. The Bertz CT molecular complexity index is 1240. The minimum Gasteiger partial charge on any atom is -0.322 e. The van der Waals surface area contributed by atoms with Gasteiger partial charge in [-0.05, 0) is 74.6 Å². The molecule has 31 heavy (non-hydrogen) atoms. The lowest BCUT2D eigenvalue weighted by molar-refractivity contribution is -0.110. The van der Waals surface area contributed by atoms with Crippen molar-refractivity contribution in [2.24, 2.45) is 4.99 Å². The van der Waals surface area contributed by atoms with E-state index in [0.717, 1.165) is 48.1 Å². The minimum absolute atomic E-state index is 0.205. The molecule has 156 valence electrons. The van der Waals surface area contributed by atoms with E-state index in [1.54, 1.807) is 24.3 Å². The van der Waals surface area contributed by atoms with Crippen LogP contribution in [0.3, 0.4) is 0 Å². The minimum atomic E-state index is -0.240. The topological polar surface area (TPSA) is 70.6 Å². The Kier molecular flexibility index (Phi) is 5.12. The fraction of sp³-hybridized carbons (Fsp3) is 0.208. The number of halogens is 1. The lowest BCUT2D eigenvalue weighted by Gasteiger charge is -2.13. The van der Waals surface area contributed by atoms with Crippen LogP contribution in [0.15, 0.2) is 47.5 Å². The molecule has 2 aromatic carbocycles. The zero-order chi connectivity index (χ0) is 21.5. The molecular weight excluding hydrogens is 430 g/mol. The van der Waals surface area contributed by atoms with Gasteiger partial charge in [0, 0.05) is 21.2 Å². The molecule has 3 aromatic rings. The van der Waals surface area contributed by atoms with Crippen molar-refractivity contribution in [1.29, 1.82) is 0 Å². The van der Waals surface area contributed by atoms with E-state index in [9.17, 15) is 9.59 Å². The molecule has 0 radical (unpaired) electrons. The molecule has 2 N–H and O–H groups in total. The number of nitrogens with zero attached hydrogens (tertiary/aromatic N) is 1. The third-order valence-corrected chi connectivity index (χ3v) is 7.03. The predicted molar refractivity (Wildman–Crippen MR) is 126 cm³/mol. The summed E-state index contributed by atoms with van der Waals surface area (Å²) in [7, 11) is 0. The highest BCUT2D eigenvalue weighted by atomic mass is 35.5. The van der Waals surface area contributed by atoms with Crippen molar-refractivity contribution in [1.82, 2.24) is 0 Å². The number of amides is 2. The molecule has 1 aliphatic heterocycles. The molecule has 7 heteroatoms. The Morgan fingerprint density at radius 3 is 2.71 bits per heavy atom. The first-order valence-corrected chi connectivity index (χ1v) is 11.4. The van der Waals surface area contributed by atoms with Gasteiger partial charge < -0.3 is 10.6 Å². The van der Waals surface area contributed by atoms with Crippen molar-refractivity contribution in [2.45, 2.75) is 32.6 Å². The molecule has 0 fully saturated rings. The average Bonchev–Trinajstić information content (AvgIpc) is 3.27. The van der Waals surface area contributed by atoms with Gasteiger partial charge in [-0.3, -0.25) is 9.59 Å². The predicted octanol–water partition coefficient (Wildman–Crippen LogP) is 5.91. The monoisotopic (exact) mass is 449 g/mol. The van der Waals surface area contributed by atoms with Crippen molar-refractivity contribution in [3.05, 3.63) is 74.6 Å². The van der Waals surface area contributed by atoms with E-state index >= 15 is 0 Å². The van der Waals surface area contributed by atoms with Crippen LogP contribution in [-0.2, 0) is 17.6 Å². The second kappa shape index (κ2) is 7.94. The molecule has 2 heterocycles. The lowest BCUT2D eigenvalue weighted by Crippen LogP contribution is -2.16. The van der Waals surface area contributed by atoms with Crippen molar-refractivity contribution in [3.63, 3.8) is 0 Å². The summed E-state index contributed by atoms with van der Waals surface area (Å²) in [5.74, 6) is -0.444. The lowest BCUT2D eigenvalue weighted by atomic mass is 9.95. The number of hydrogen-bond acceptors (Lipinski definition) is 4. The van der Waals surface area contributed by atoms with Crippen LogP contribution in [0.5, 0.6) is 0 Å². The molecule has 2 amide bonds. The standard InChI is InChI=1S/C24H20ClN3O2S/c1-13-6-11-18-17(12-13)21(23(30)27-18)28-24-20(16-4-2-3-5-19(16)31-24)22(29)26-15-9-7-14(25)8-10-15/h6-12H,2-5H2,1H3,(H,26,29)(H,27,28,30). The van der Waals surface area contributed by atoms with Gasteiger partial charge in [0.1, 0.15) is 10.7 Å². The van der Waals surface area contributed by atoms with Crippen LogP contribution >= 0.6 is 22.9 Å². The molecule has 0 spiro atoms. The molecule has 0 bridgehead atoms. The third kappa shape index (κ3) is 3.77. The van der Waals surface area contributed by atoms with Crippen molar-refractivity contribution in [3.8, 4) is 0 Å². The maximum Gasteiger partial charge on any atom is 0.275 e. The van der Waals surface area contributed by atoms with Gasteiger partial charge >= 0.3 is 0 Å². The smallest absolute Gasteiger partial charge is 0.275 e. The second-order valence-electron chi connectivity index (χ2n) is 7.82. The number of rotatable bonds is 3. The van der Waals surface area contributed by atoms with Crippen LogP contribution < -0.4 is 10.6 Å². The number of nitrogens with one attached hydrogen (secondary N) is 2. The van der Waals surface area contributed by atoms with Crippen LogP contribution in [0.2, 0.25) is 5.02 Å². The van der Waals surface area contributed by atoms with Crippen LogP contribution in [0, 0.1) is 6.92 Å². The maximum absolute atomic E-state index is 13.3. The van der Waals surface area contributed by atoms with Crippen LogP contribution in [0.25, 0.3) is 0 Å². The number of anilines is 2. The zero-order valence-electron chi connectivity index (χ0n) is 16.9. The Labute approximate surface area is 189 Å². The second-order valence-corrected chi connectivity index (χ2v) is 9.34. The number of benzene rings is 2. The molecule has 1 aliphatic carbocycles. The Morgan fingerprint density at radius 2 is 1.90 bits per heavy atom. The highest BCUT2D eigenvalue weighted by Crippen LogP contribution is 2.41. The van der Waals surface area contributed by atoms with Gasteiger partial charge in [-0.25, -0.2) is 4.99 Å². The molecule has 5 rings (SSSR count). The Balaban J connectivity index is 1.58. The van der Waals surface area contributed by atoms with E-state index in [2.05, 4.69) is 10.6 Å². The highest BCUT2D eigenvalue weighted by molar-refractivity contribution is 7.16. The number of thiophene rings is 1. The van der Waals surface area contributed by atoms with Crippen molar-refractivity contribution < 1.29 is 9.59 Å². The van der Waals surface area contributed by atoms with Crippen molar-refractivity contribution in [2.75, 3.05) is 10.6 Å². The average molecular weight is 450 g/mol. The van der Waals surface area contributed by atoms with E-state index in [1.165, 1.54) is 16.2 Å². The summed E-state index contributed by atoms with van der Waals surface area (Å²) in [6.45, 7) is 1.98.